The Balaban J connectivity index is 1.83. The van der Waals surface area contributed by atoms with E-state index in [0.717, 1.165) is 0 Å². The van der Waals surface area contributed by atoms with Crippen LogP contribution in [0.15, 0.2) is 77.4 Å². The van der Waals surface area contributed by atoms with E-state index in [1.54, 1.807) is 47.8 Å². The summed E-state index contributed by atoms with van der Waals surface area (Å²) in [5.41, 5.74) is 1.27. The Morgan fingerprint density at radius 1 is 1.00 bits per heavy atom. The zero-order chi connectivity index (χ0) is 22.7. The minimum absolute atomic E-state index is 0.0555. The van der Waals surface area contributed by atoms with Crippen molar-refractivity contribution in [2.24, 2.45) is 0 Å². The number of hydrogen-bond acceptors (Lipinski definition) is 6. The summed E-state index contributed by atoms with van der Waals surface area (Å²) < 4.78 is 11.1. The molecule has 3 aromatic rings. The lowest BCUT2D eigenvalue weighted by molar-refractivity contribution is -0.117. The number of ketones is 1. The quantitative estimate of drug-likeness (QED) is 0.471. The van der Waals surface area contributed by atoms with Crippen molar-refractivity contribution < 1.29 is 24.2 Å². The van der Waals surface area contributed by atoms with Crippen LogP contribution in [0.5, 0.6) is 11.5 Å². The van der Waals surface area contributed by atoms with Gasteiger partial charge < -0.3 is 14.6 Å². The van der Waals surface area contributed by atoms with Gasteiger partial charge in [-0.3, -0.25) is 14.5 Å². The average Bonchev–Trinajstić information content (AvgIpc) is 3.42. The molecule has 0 aliphatic carbocycles. The van der Waals surface area contributed by atoms with Crippen molar-refractivity contribution in [1.82, 2.24) is 0 Å². The van der Waals surface area contributed by atoms with Crippen LogP contribution in [0.3, 0.4) is 0 Å². The summed E-state index contributed by atoms with van der Waals surface area (Å²) in [5.74, 6) is -0.237. The van der Waals surface area contributed by atoms with Crippen molar-refractivity contribution in [2.75, 3.05) is 18.1 Å². The maximum absolute atomic E-state index is 13.3. The zero-order valence-electron chi connectivity index (χ0n) is 17.8. The van der Waals surface area contributed by atoms with Crippen molar-refractivity contribution >= 4 is 28.7 Å². The molecule has 0 fully saturated rings. The van der Waals surface area contributed by atoms with Crippen LogP contribution in [0, 0.1) is 0 Å². The number of rotatable bonds is 8. The summed E-state index contributed by atoms with van der Waals surface area (Å²) in [4.78, 5) is 28.4. The molecule has 1 unspecified atom stereocenters. The van der Waals surface area contributed by atoms with Crippen molar-refractivity contribution in [3.8, 4) is 11.5 Å². The molecular formula is C25H23NO5S. The SMILES string of the molecule is CCOc1ccc(N2C(=O)C(O)=C(C(=O)c3cccs3)C2c2cccc(OCC)c2)cc1. The van der Waals surface area contributed by atoms with Crippen molar-refractivity contribution in [3.05, 3.63) is 87.8 Å². The Hall–Kier alpha value is -3.58. The molecule has 1 N–H and O–H groups in total. The second-order valence-corrected chi connectivity index (χ2v) is 8.03. The molecule has 4 rings (SSSR count). The number of benzene rings is 2. The van der Waals surface area contributed by atoms with Gasteiger partial charge in [-0.05, 0) is 67.3 Å². The molecule has 32 heavy (non-hydrogen) atoms. The summed E-state index contributed by atoms with van der Waals surface area (Å²) in [6.45, 7) is 4.79. The van der Waals surface area contributed by atoms with E-state index in [4.69, 9.17) is 9.47 Å². The van der Waals surface area contributed by atoms with E-state index in [1.807, 2.05) is 32.0 Å². The van der Waals surface area contributed by atoms with Crippen LogP contribution in [0.1, 0.15) is 35.1 Å². The molecule has 0 spiro atoms. The monoisotopic (exact) mass is 449 g/mol. The van der Waals surface area contributed by atoms with E-state index < -0.39 is 17.7 Å². The van der Waals surface area contributed by atoms with Gasteiger partial charge in [0, 0.05) is 5.69 Å². The fourth-order valence-corrected chi connectivity index (χ4v) is 4.45. The minimum atomic E-state index is -0.796. The maximum atomic E-state index is 13.3. The standard InChI is InChI=1S/C25H23NO5S/c1-3-30-18-12-10-17(11-13-18)26-22(16-7-5-8-19(15-16)31-4-2)21(24(28)25(26)29)23(27)20-9-6-14-32-20/h5-15,22,28H,3-4H2,1-2H3. The Bertz CT molecular complexity index is 1150. The summed E-state index contributed by atoms with van der Waals surface area (Å²) in [6.07, 6.45) is 0. The van der Waals surface area contributed by atoms with Crippen molar-refractivity contribution in [3.63, 3.8) is 0 Å². The third-order valence-corrected chi connectivity index (χ3v) is 5.98. The highest BCUT2D eigenvalue weighted by atomic mass is 32.1. The van der Waals surface area contributed by atoms with E-state index in [2.05, 4.69) is 0 Å². The van der Waals surface area contributed by atoms with Gasteiger partial charge in [-0.25, -0.2) is 0 Å². The van der Waals surface area contributed by atoms with Crippen LogP contribution in [-0.2, 0) is 4.79 Å². The molecule has 1 atom stereocenters. The molecule has 0 saturated carbocycles. The van der Waals surface area contributed by atoms with Gasteiger partial charge in [0.15, 0.2) is 5.76 Å². The summed E-state index contributed by atoms with van der Waals surface area (Å²) in [6, 6.07) is 16.9. The van der Waals surface area contributed by atoms with Gasteiger partial charge in [0.25, 0.3) is 5.91 Å². The molecule has 6 nitrogen and oxygen atoms in total. The zero-order valence-corrected chi connectivity index (χ0v) is 18.6. The molecule has 7 heteroatoms. The van der Waals surface area contributed by atoms with Crippen molar-refractivity contribution in [1.29, 1.82) is 0 Å². The first-order valence-electron chi connectivity index (χ1n) is 10.4. The first kappa shape index (κ1) is 21.6. The van der Waals surface area contributed by atoms with Crippen LogP contribution in [0.4, 0.5) is 5.69 Å². The maximum Gasteiger partial charge on any atom is 0.294 e. The van der Waals surface area contributed by atoms with Crippen molar-refractivity contribution in [2.45, 2.75) is 19.9 Å². The number of nitrogens with zero attached hydrogens (tertiary/aromatic N) is 1. The molecule has 1 aromatic heterocycles. The number of carbonyl (C=O) groups excluding carboxylic acids is 2. The van der Waals surface area contributed by atoms with Crippen LogP contribution < -0.4 is 14.4 Å². The van der Waals surface area contributed by atoms with Crippen LogP contribution >= 0.6 is 11.3 Å². The highest BCUT2D eigenvalue weighted by molar-refractivity contribution is 7.12. The van der Waals surface area contributed by atoms with Gasteiger partial charge in [0.2, 0.25) is 5.78 Å². The minimum Gasteiger partial charge on any atom is -0.503 e. The topological polar surface area (TPSA) is 76.1 Å². The lowest BCUT2D eigenvalue weighted by Crippen LogP contribution is -2.31. The molecule has 1 aliphatic heterocycles. The number of aliphatic hydroxyl groups excluding tert-OH is 1. The van der Waals surface area contributed by atoms with Gasteiger partial charge in [-0.15, -0.1) is 11.3 Å². The largest absolute Gasteiger partial charge is 0.503 e. The second-order valence-electron chi connectivity index (χ2n) is 7.08. The van der Waals surface area contributed by atoms with Gasteiger partial charge >= 0.3 is 0 Å². The smallest absolute Gasteiger partial charge is 0.294 e. The number of carbonyl (C=O) groups is 2. The van der Waals surface area contributed by atoms with Crippen LogP contribution in [0.2, 0.25) is 0 Å². The van der Waals surface area contributed by atoms with Gasteiger partial charge in [0.05, 0.1) is 29.7 Å². The summed E-state index contributed by atoms with van der Waals surface area (Å²) in [7, 11) is 0. The number of amides is 1. The number of hydrogen-bond donors (Lipinski definition) is 1. The van der Waals surface area contributed by atoms with Crippen LogP contribution in [-0.4, -0.2) is 30.0 Å². The molecule has 1 amide bonds. The Labute approximate surface area is 190 Å². The van der Waals surface area contributed by atoms with E-state index in [9.17, 15) is 14.7 Å². The highest BCUT2D eigenvalue weighted by Gasteiger charge is 2.45. The summed E-state index contributed by atoms with van der Waals surface area (Å²) >= 11 is 1.27. The molecule has 2 heterocycles. The van der Waals surface area contributed by atoms with Gasteiger partial charge in [0.1, 0.15) is 11.5 Å². The Morgan fingerprint density at radius 3 is 2.38 bits per heavy atom. The normalized spacial score (nSPS) is 15.9. The molecule has 0 bridgehead atoms. The van der Waals surface area contributed by atoms with Gasteiger partial charge in [-0.2, -0.15) is 0 Å². The number of aliphatic hydroxyl groups is 1. The molecule has 164 valence electrons. The second kappa shape index (κ2) is 9.28. The highest BCUT2D eigenvalue weighted by Crippen LogP contribution is 2.43. The Morgan fingerprint density at radius 2 is 1.72 bits per heavy atom. The number of anilines is 1. The number of ether oxygens (including phenoxy) is 2. The molecule has 2 aromatic carbocycles. The molecule has 0 saturated heterocycles. The molecular weight excluding hydrogens is 426 g/mol. The molecule has 0 radical (unpaired) electrons. The van der Waals surface area contributed by atoms with Crippen LogP contribution in [0.25, 0.3) is 0 Å². The predicted octanol–water partition coefficient (Wildman–Crippen LogP) is 5.33. The summed E-state index contributed by atoms with van der Waals surface area (Å²) in [5, 5.41) is 12.6. The first-order chi connectivity index (χ1) is 15.5. The van der Waals surface area contributed by atoms with E-state index in [0.29, 0.717) is 40.8 Å². The lowest BCUT2D eigenvalue weighted by atomic mass is 9.95. The Kier molecular flexibility index (Phi) is 6.28. The average molecular weight is 450 g/mol. The van der Waals surface area contributed by atoms with E-state index >= 15 is 0 Å². The van der Waals surface area contributed by atoms with Gasteiger partial charge in [-0.1, -0.05) is 18.2 Å². The molecule has 1 aliphatic rings. The fourth-order valence-electron chi connectivity index (χ4n) is 3.77. The van der Waals surface area contributed by atoms with E-state index in [1.165, 1.54) is 16.2 Å². The first-order valence-corrected chi connectivity index (χ1v) is 11.2. The lowest BCUT2D eigenvalue weighted by Gasteiger charge is -2.27. The van der Waals surface area contributed by atoms with E-state index in [-0.39, 0.29) is 11.4 Å². The number of thiophene rings is 1. The fraction of sp³-hybridized carbons (Fsp3) is 0.200. The number of Topliss-reactive ketones (excluding diaryl/α,β-unsaturated/α-hetero) is 1. The third kappa shape index (κ3) is 3.99. The predicted molar refractivity (Wildman–Crippen MR) is 124 cm³/mol. The third-order valence-electron chi connectivity index (χ3n) is 5.11.